The molecule has 44 heavy (non-hydrogen) atoms. The van der Waals surface area contributed by atoms with Crippen molar-refractivity contribution >= 4 is 5.52 Å². The number of nitrogens with one attached hydrogen (secondary N) is 1. The number of alkyl halides is 1. The number of aliphatic hydroxyl groups is 1. The largest absolute Gasteiger partial charge is 0.479 e. The van der Waals surface area contributed by atoms with Crippen molar-refractivity contribution in [1.29, 1.82) is 0 Å². The number of aromatic nitrogens is 5. The zero-order valence-electron chi connectivity index (χ0n) is 24.9. The van der Waals surface area contributed by atoms with Crippen LogP contribution in [-0.4, -0.2) is 72.5 Å². The lowest BCUT2D eigenvalue weighted by atomic mass is 9.90. The van der Waals surface area contributed by atoms with E-state index in [2.05, 4.69) is 37.9 Å². The van der Waals surface area contributed by atoms with Crippen LogP contribution in [0.4, 0.5) is 8.78 Å². The monoisotopic (exact) mass is 605 g/mol. The van der Waals surface area contributed by atoms with E-state index in [0.717, 1.165) is 74.8 Å². The number of pyridine rings is 2. The van der Waals surface area contributed by atoms with Crippen LogP contribution in [0.5, 0.6) is 11.5 Å². The first kappa shape index (κ1) is 29.8. The minimum Gasteiger partial charge on any atom is -0.479 e. The first-order chi connectivity index (χ1) is 21.3. The van der Waals surface area contributed by atoms with Crippen molar-refractivity contribution in [3.63, 3.8) is 0 Å². The number of terminal acetylenes is 1. The molecule has 2 N–H and O–H groups in total. The first-order valence-corrected chi connectivity index (χ1v) is 15.1. The smallest absolute Gasteiger partial charge is 0.236 e. The Kier molecular flexibility index (Phi) is 8.68. The standard InChI is InChI=1S/C32H37F2N7O3/c1-4-35-24-6-8-25(9-7-24)39-12-11-27-20(2)31(38-40(27)14-13-39)22-15-28(32-29(43-21(3)33)17-37-41(32)18-22)44-30(19-42)26-10-5-23(34)16-36-26/h1,5,10,15-18,21,24-25,30,35,42H,6-9,11-14,19H2,2-3H3/t21?,24?,25?,30-/m1/s1. The van der Waals surface area contributed by atoms with Crippen LogP contribution in [0.25, 0.3) is 16.8 Å². The van der Waals surface area contributed by atoms with E-state index >= 15 is 0 Å². The highest BCUT2D eigenvalue weighted by atomic mass is 19.1. The number of hydrogen-bond donors (Lipinski definition) is 2. The van der Waals surface area contributed by atoms with Crippen LogP contribution < -0.4 is 14.8 Å². The Hall–Kier alpha value is -4.21. The molecule has 0 bridgehead atoms. The number of ether oxygens (including phenoxy) is 2. The molecule has 12 heteroatoms. The summed E-state index contributed by atoms with van der Waals surface area (Å²) < 4.78 is 42.7. The highest BCUT2D eigenvalue weighted by molar-refractivity contribution is 5.75. The molecule has 232 valence electrons. The van der Waals surface area contributed by atoms with Gasteiger partial charge in [-0.2, -0.15) is 10.2 Å². The fourth-order valence-electron chi connectivity index (χ4n) is 6.47. The Bertz CT molecular complexity index is 1640. The van der Waals surface area contributed by atoms with Crippen LogP contribution in [0, 0.1) is 25.2 Å². The lowest BCUT2D eigenvalue weighted by Gasteiger charge is -2.36. The summed E-state index contributed by atoms with van der Waals surface area (Å²) >= 11 is 0. The summed E-state index contributed by atoms with van der Waals surface area (Å²) in [6.07, 6.45) is 12.6. The summed E-state index contributed by atoms with van der Waals surface area (Å²) in [5, 5.41) is 22.7. The second kappa shape index (κ2) is 12.8. The van der Waals surface area contributed by atoms with Crippen molar-refractivity contribution in [2.24, 2.45) is 0 Å². The van der Waals surface area contributed by atoms with E-state index in [1.165, 1.54) is 30.9 Å². The minimum atomic E-state index is -1.58. The third-order valence-corrected chi connectivity index (χ3v) is 8.68. The number of fused-ring (bicyclic) bond motifs is 2. The van der Waals surface area contributed by atoms with Gasteiger partial charge in [-0.1, -0.05) is 6.42 Å². The summed E-state index contributed by atoms with van der Waals surface area (Å²) in [7, 11) is 0. The van der Waals surface area contributed by atoms with E-state index in [4.69, 9.17) is 21.0 Å². The van der Waals surface area contributed by atoms with Crippen LogP contribution in [0.1, 0.15) is 55.7 Å². The maximum Gasteiger partial charge on any atom is 0.236 e. The van der Waals surface area contributed by atoms with Crippen LogP contribution in [0.2, 0.25) is 0 Å². The maximum atomic E-state index is 13.9. The lowest BCUT2D eigenvalue weighted by Crippen LogP contribution is -2.42. The van der Waals surface area contributed by atoms with Crippen LogP contribution in [0.3, 0.4) is 0 Å². The molecule has 2 atom stereocenters. The van der Waals surface area contributed by atoms with Crippen molar-refractivity contribution in [1.82, 2.24) is 34.6 Å². The minimum absolute atomic E-state index is 0.187. The summed E-state index contributed by atoms with van der Waals surface area (Å²) in [6.45, 7) is 5.59. The fourth-order valence-corrected chi connectivity index (χ4v) is 6.47. The molecule has 6 rings (SSSR count). The van der Waals surface area contributed by atoms with E-state index in [1.54, 1.807) is 10.6 Å². The summed E-state index contributed by atoms with van der Waals surface area (Å²) in [5.74, 6) is -0.0162. The Morgan fingerprint density at radius 1 is 1.14 bits per heavy atom. The van der Waals surface area contributed by atoms with E-state index in [1.807, 2.05) is 6.20 Å². The predicted octanol–water partition coefficient (Wildman–Crippen LogP) is 4.20. The zero-order valence-corrected chi connectivity index (χ0v) is 24.9. The molecule has 1 fully saturated rings. The Balaban J connectivity index is 1.29. The quantitative estimate of drug-likeness (QED) is 0.216. The molecule has 10 nitrogen and oxygen atoms in total. The lowest BCUT2D eigenvalue weighted by molar-refractivity contribution is 0.0866. The van der Waals surface area contributed by atoms with Crippen molar-refractivity contribution in [3.05, 3.63) is 59.6 Å². The molecular weight excluding hydrogens is 568 g/mol. The average Bonchev–Trinajstić information content (AvgIpc) is 3.48. The molecule has 0 amide bonds. The van der Waals surface area contributed by atoms with Gasteiger partial charge in [0.15, 0.2) is 23.1 Å². The Morgan fingerprint density at radius 2 is 1.95 bits per heavy atom. The van der Waals surface area contributed by atoms with Gasteiger partial charge < -0.3 is 19.9 Å². The Morgan fingerprint density at radius 3 is 2.66 bits per heavy atom. The molecule has 1 aliphatic carbocycles. The third kappa shape index (κ3) is 6.07. The predicted molar refractivity (Wildman–Crippen MR) is 160 cm³/mol. The number of nitrogens with zero attached hydrogens (tertiary/aromatic N) is 6. The van der Waals surface area contributed by atoms with Gasteiger partial charge in [0.2, 0.25) is 6.36 Å². The fraction of sp³-hybridized carbons (Fsp3) is 0.469. The summed E-state index contributed by atoms with van der Waals surface area (Å²) in [5.41, 5.74) is 4.52. The molecule has 0 radical (unpaired) electrons. The van der Waals surface area contributed by atoms with Crippen LogP contribution in [-0.2, 0) is 13.0 Å². The molecule has 0 saturated heterocycles. The van der Waals surface area contributed by atoms with E-state index in [9.17, 15) is 13.9 Å². The normalized spacial score (nSPS) is 20.4. The number of rotatable bonds is 9. The van der Waals surface area contributed by atoms with Crippen molar-refractivity contribution < 1.29 is 23.4 Å². The molecule has 4 aromatic heterocycles. The topological polar surface area (TPSA) is 102 Å². The third-order valence-electron chi connectivity index (χ3n) is 8.68. The molecule has 1 aliphatic heterocycles. The second-order valence-electron chi connectivity index (χ2n) is 11.5. The maximum absolute atomic E-state index is 13.9. The number of hydrogen-bond acceptors (Lipinski definition) is 8. The highest BCUT2D eigenvalue weighted by Gasteiger charge is 2.29. The van der Waals surface area contributed by atoms with Crippen molar-refractivity contribution in [3.8, 4) is 35.2 Å². The molecule has 1 saturated carbocycles. The molecular formula is C32H37F2N7O3. The van der Waals surface area contributed by atoms with Gasteiger partial charge in [-0.3, -0.25) is 14.6 Å². The van der Waals surface area contributed by atoms with E-state index in [0.29, 0.717) is 29.0 Å². The second-order valence-corrected chi connectivity index (χ2v) is 11.5. The van der Waals surface area contributed by atoms with Crippen molar-refractivity contribution in [2.75, 3.05) is 19.7 Å². The van der Waals surface area contributed by atoms with E-state index < -0.39 is 24.9 Å². The average molecular weight is 606 g/mol. The molecule has 0 spiro atoms. The Labute approximate surface area is 255 Å². The van der Waals surface area contributed by atoms with Gasteiger partial charge in [0.25, 0.3) is 0 Å². The first-order valence-electron chi connectivity index (χ1n) is 15.1. The zero-order chi connectivity index (χ0) is 30.8. The summed E-state index contributed by atoms with van der Waals surface area (Å²) in [4.78, 5) is 6.67. The van der Waals surface area contributed by atoms with Gasteiger partial charge in [0.1, 0.15) is 5.82 Å². The molecule has 2 aliphatic rings. The molecule has 4 aromatic rings. The summed E-state index contributed by atoms with van der Waals surface area (Å²) in [6, 6.07) is 8.04. The van der Waals surface area contributed by atoms with Gasteiger partial charge in [-0.25, -0.2) is 13.3 Å². The molecule has 0 aromatic carbocycles. The highest BCUT2D eigenvalue weighted by Crippen LogP contribution is 2.37. The number of aliphatic hydroxyl groups excluding tert-OH is 1. The van der Waals surface area contributed by atoms with Crippen LogP contribution in [0.15, 0.2) is 36.8 Å². The number of halogens is 2. The SMILES string of the molecule is C#CNC1CCC(N2CCc3c(C)c(-c4cc(O[C@H](CO)c5ccc(F)cn5)c5c(OC(C)F)cnn5c4)nn3CC2)CC1. The van der Waals surface area contributed by atoms with Gasteiger partial charge in [-0.05, 0) is 56.4 Å². The van der Waals surface area contributed by atoms with Gasteiger partial charge in [-0.15, -0.1) is 0 Å². The van der Waals surface area contributed by atoms with Crippen molar-refractivity contribution in [2.45, 2.75) is 77.0 Å². The van der Waals surface area contributed by atoms with Gasteiger partial charge in [0, 0.05) is 62.0 Å². The van der Waals surface area contributed by atoms with E-state index in [-0.39, 0.29) is 5.75 Å². The van der Waals surface area contributed by atoms with Gasteiger partial charge in [0.05, 0.1) is 36.9 Å². The molecule has 5 heterocycles. The molecule has 1 unspecified atom stereocenters. The van der Waals surface area contributed by atoms with Crippen LogP contribution >= 0.6 is 0 Å². The van der Waals surface area contributed by atoms with Gasteiger partial charge >= 0.3 is 0 Å².